The number of aromatic nitrogens is 2. The van der Waals surface area contributed by atoms with E-state index in [2.05, 4.69) is 22.7 Å². The molecule has 2 aromatic rings. The van der Waals surface area contributed by atoms with Gasteiger partial charge in [-0.3, -0.25) is 4.79 Å². The van der Waals surface area contributed by atoms with Gasteiger partial charge in [0.15, 0.2) is 0 Å². The van der Waals surface area contributed by atoms with Gasteiger partial charge in [-0.2, -0.15) is 5.10 Å². The van der Waals surface area contributed by atoms with Gasteiger partial charge >= 0.3 is 0 Å². The van der Waals surface area contributed by atoms with Crippen LogP contribution < -0.4 is 15.4 Å². The average molecular weight is 365 g/mol. The minimum atomic E-state index is 0. The lowest BCUT2D eigenvalue weighted by Gasteiger charge is -2.26. The zero-order valence-electron chi connectivity index (χ0n) is 14.6. The van der Waals surface area contributed by atoms with Crippen molar-refractivity contribution >= 4 is 18.3 Å². The van der Waals surface area contributed by atoms with Crippen LogP contribution in [0.1, 0.15) is 25.5 Å². The van der Waals surface area contributed by atoms with E-state index >= 15 is 0 Å². The van der Waals surface area contributed by atoms with E-state index < -0.39 is 0 Å². The van der Waals surface area contributed by atoms with E-state index in [0.29, 0.717) is 12.6 Å². The third kappa shape index (κ3) is 4.96. The summed E-state index contributed by atoms with van der Waals surface area (Å²) in [7, 11) is 1.65. The lowest BCUT2D eigenvalue weighted by Crippen LogP contribution is -2.42. The van der Waals surface area contributed by atoms with E-state index in [1.807, 2.05) is 36.5 Å². The molecule has 0 aliphatic carbocycles. The van der Waals surface area contributed by atoms with Crippen molar-refractivity contribution in [2.75, 3.05) is 13.7 Å². The first-order chi connectivity index (χ1) is 11.7. The predicted molar refractivity (Wildman–Crippen MR) is 99.4 cm³/mol. The molecule has 1 fully saturated rings. The molecule has 1 aliphatic rings. The minimum Gasteiger partial charge on any atom is -0.497 e. The fourth-order valence-corrected chi connectivity index (χ4v) is 3.03. The Kier molecular flexibility index (Phi) is 6.84. The van der Waals surface area contributed by atoms with E-state index in [4.69, 9.17) is 4.74 Å². The molecule has 1 aromatic carbocycles. The molecule has 0 bridgehead atoms. The quantitative estimate of drug-likeness (QED) is 0.854. The first-order valence-corrected chi connectivity index (χ1v) is 8.36. The molecule has 1 amide bonds. The lowest BCUT2D eigenvalue weighted by atomic mass is 9.92. The summed E-state index contributed by atoms with van der Waals surface area (Å²) in [6.07, 6.45) is 3.69. The second-order valence-electron chi connectivity index (χ2n) is 6.24. The summed E-state index contributed by atoms with van der Waals surface area (Å²) in [6, 6.07) is 10.0. The molecule has 0 radical (unpaired) electrons. The minimum absolute atomic E-state index is 0. The maximum absolute atomic E-state index is 12.3. The molecular weight excluding hydrogens is 340 g/mol. The number of hydrogen-bond acceptors (Lipinski definition) is 4. The number of carbonyl (C=O) groups is 1. The number of ether oxygens (including phenoxy) is 1. The fourth-order valence-electron chi connectivity index (χ4n) is 3.03. The van der Waals surface area contributed by atoms with Gasteiger partial charge in [-0.15, -0.1) is 12.4 Å². The van der Waals surface area contributed by atoms with E-state index in [-0.39, 0.29) is 24.2 Å². The summed E-state index contributed by atoms with van der Waals surface area (Å²) in [6.45, 7) is 3.49. The van der Waals surface area contributed by atoms with Gasteiger partial charge in [-0.1, -0.05) is 0 Å². The normalized spacial score (nSPS) is 19.8. The molecule has 2 heterocycles. The monoisotopic (exact) mass is 364 g/mol. The predicted octanol–water partition coefficient (Wildman–Crippen LogP) is 2.31. The molecule has 0 unspecified atom stereocenters. The van der Waals surface area contributed by atoms with Gasteiger partial charge in [0.1, 0.15) is 5.75 Å². The highest BCUT2D eigenvalue weighted by molar-refractivity contribution is 5.85. The van der Waals surface area contributed by atoms with E-state index in [9.17, 15) is 4.79 Å². The molecule has 1 saturated heterocycles. The second-order valence-corrected chi connectivity index (χ2v) is 6.24. The number of carbonyl (C=O) groups excluding carboxylic acids is 1. The van der Waals surface area contributed by atoms with Crippen LogP contribution >= 0.6 is 12.4 Å². The van der Waals surface area contributed by atoms with Crippen molar-refractivity contribution in [2.24, 2.45) is 5.92 Å². The zero-order valence-corrected chi connectivity index (χ0v) is 15.4. The average Bonchev–Trinajstić information content (AvgIpc) is 3.09. The molecule has 2 atom stereocenters. The third-order valence-corrected chi connectivity index (χ3v) is 4.42. The number of amides is 1. The summed E-state index contributed by atoms with van der Waals surface area (Å²) in [5, 5.41) is 10.9. The van der Waals surface area contributed by atoms with Gasteiger partial charge in [0.2, 0.25) is 5.91 Å². The number of hydrogen-bond donors (Lipinski definition) is 2. The number of rotatable bonds is 5. The SMILES string of the molecule is COc1ccc(-n2ccc(CNC(=O)[C@H]3CCN[C@@H](C)C3)n2)cc1.Cl. The Morgan fingerprint density at radius 3 is 2.80 bits per heavy atom. The molecule has 136 valence electrons. The standard InChI is InChI=1S/C18H24N4O2.ClH/c1-13-11-14(7-9-19-13)18(23)20-12-15-8-10-22(21-15)16-3-5-17(24-2)6-4-16;/h3-6,8,10,13-14,19H,7,9,11-12H2,1-2H3,(H,20,23);1H/t13-,14-;/m0./s1. The van der Waals surface area contributed by atoms with Gasteiger partial charge in [0, 0.05) is 18.2 Å². The van der Waals surface area contributed by atoms with Crippen LogP contribution in [0.2, 0.25) is 0 Å². The summed E-state index contributed by atoms with van der Waals surface area (Å²) in [4.78, 5) is 12.3. The Labute approximate surface area is 154 Å². The van der Waals surface area contributed by atoms with Gasteiger partial charge in [-0.05, 0) is 56.6 Å². The molecule has 0 saturated carbocycles. The molecule has 1 aromatic heterocycles. The highest BCUT2D eigenvalue weighted by Gasteiger charge is 2.24. The van der Waals surface area contributed by atoms with Crippen LogP contribution in [0.3, 0.4) is 0 Å². The van der Waals surface area contributed by atoms with Crippen LogP contribution in [0.15, 0.2) is 36.5 Å². The summed E-state index contributed by atoms with van der Waals surface area (Å²) in [5.41, 5.74) is 1.81. The van der Waals surface area contributed by atoms with Crippen LogP contribution in [-0.4, -0.2) is 35.4 Å². The van der Waals surface area contributed by atoms with Crippen molar-refractivity contribution in [3.8, 4) is 11.4 Å². The highest BCUT2D eigenvalue weighted by atomic mass is 35.5. The third-order valence-electron chi connectivity index (χ3n) is 4.42. The molecule has 25 heavy (non-hydrogen) atoms. The summed E-state index contributed by atoms with van der Waals surface area (Å²) < 4.78 is 6.96. The Morgan fingerprint density at radius 2 is 2.12 bits per heavy atom. The van der Waals surface area contributed by atoms with Crippen LogP contribution in [-0.2, 0) is 11.3 Å². The van der Waals surface area contributed by atoms with Crippen molar-refractivity contribution in [3.05, 3.63) is 42.2 Å². The fraction of sp³-hybridized carbons (Fsp3) is 0.444. The smallest absolute Gasteiger partial charge is 0.223 e. The number of nitrogens with one attached hydrogen (secondary N) is 2. The molecule has 3 rings (SSSR count). The van der Waals surface area contributed by atoms with Crippen molar-refractivity contribution in [3.63, 3.8) is 0 Å². The Balaban J connectivity index is 0.00000225. The van der Waals surface area contributed by atoms with E-state index in [0.717, 1.165) is 36.5 Å². The zero-order chi connectivity index (χ0) is 16.9. The molecular formula is C18H25ClN4O2. The van der Waals surface area contributed by atoms with E-state index in [1.165, 1.54) is 0 Å². The van der Waals surface area contributed by atoms with Crippen LogP contribution in [0.4, 0.5) is 0 Å². The van der Waals surface area contributed by atoms with Gasteiger partial charge in [-0.25, -0.2) is 4.68 Å². The highest BCUT2D eigenvalue weighted by Crippen LogP contribution is 2.17. The first kappa shape index (κ1) is 19.3. The van der Waals surface area contributed by atoms with Crippen molar-refractivity contribution in [2.45, 2.75) is 32.4 Å². The van der Waals surface area contributed by atoms with Gasteiger partial charge in [0.25, 0.3) is 0 Å². The van der Waals surface area contributed by atoms with Crippen molar-refractivity contribution in [1.82, 2.24) is 20.4 Å². The summed E-state index contributed by atoms with van der Waals surface area (Å²) in [5.74, 6) is 1.04. The van der Waals surface area contributed by atoms with Crippen molar-refractivity contribution < 1.29 is 9.53 Å². The Bertz CT molecular complexity index is 687. The lowest BCUT2D eigenvalue weighted by molar-refractivity contribution is -0.126. The largest absolute Gasteiger partial charge is 0.497 e. The van der Waals surface area contributed by atoms with Crippen LogP contribution in [0.5, 0.6) is 5.75 Å². The van der Waals surface area contributed by atoms with E-state index in [1.54, 1.807) is 11.8 Å². The van der Waals surface area contributed by atoms with Crippen LogP contribution in [0, 0.1) is 5.92 Å². The first-order valence-electron chi connectivity index (χ1n) is 8.36. The number of halogens is 1. The Hall–Kier alpha value is -2.05. The molecule has 6 nitrogen and oxygen atoms in total. The number of piperidine rings is 1. The maximum Gasteiger partial charge on any atom is 0.223 e. The topological polar surface area (TPSA) is 68.2 Å². The molecule has 7 heteroatoms. The second kappa shape index (κ2) is 8.87. The van der Waals surface area contributed by atoms with Crippen LogP contribution in [0.25, 0.3) is 5.69 Å². The van der Waals surface area contributed by atoms with Gasteiger partial charge in [0.05, 0.1) is 25.0 Å². The Morgan fingerprint density at radius 1 is 1.36 bits per heavy atom. The molecule has 0 spiro atoms. The molecule has 1 aliphatic heterocycles. The number of methoxy groups -OCH3 is 1. The molecule has 2 N–H and O–H groups in total. The van der Waals surface area contributed by atoms with Gasteiger partial charge < -0.3 is 15.4 Å². The summed E-state index contributed by atoms with van der Waals surface area (Å²) >= 11 is 0. The number of benzene rings is 1. The number of nitrogens with zero attached hydrogens (tertiary/aromatic N) is 2. The maximum atomic E-state index is 12.3. The van der Waals surface area contributed by atoms with Crippen molar-refractivity contribution in [1.29, 1.82) is 0 Å².